The lowest BCUT2D eigenvalue weighted by molar-refractivity contribution is -0.144. The summed E-state index contributed by atoms with van der Waals surface area (Å²) in [5.41, 5.74) is -0.379. The molecule has 0 atom stereocenters. The smallest absolute Gasteiger partial charge is 0.224 e. The van der Waals surface area contributed by atoms with E-state index in [4.69, 9.17) is 0 Å². The molecule has 0 amide bonds. The van der Waals surface area contributed by atoms with Crippen LogP contribution in [0, 0.1) is 11.6 Å². The number of sulfone groups is 1. The minimum Gasteiger partial charge on any atom is -0.224 e. The summed E-state index contributed by atoms with van der Waals surface area (Å²) < 4.78 is 90.0. The number of hydrogen-bond acceptors (Lipinski definition) is 4. The first-order valence-electron chi connectivity index (χ1n) is 7.27. The van der Waals surface area contributed by atoms with Gasteiger partial charge in [-0.1, -0.05) is 0 Å². The molecule has 0 radical (unpaired) electrons. The van der Waals surface area contributed by atoms with Crippen LogP contribution in [-0.4, -0.2) is 29.4 Å². The number of benzene rings is 2. The van der Waals surface area contributed by atoms with Crippen molar-refractivity contribution in [2.45, 2.75) is 11.1 Å². The van der Waals surface area contributed by atoms with Gasteiger partial charge in [-0.05, 0) is 36.4 Å². The molecule has 0 saturated heterocycles. The summed E-state index contributed by atoms with van der Waals surface area (Å²) in [6, 6.07) is 7.07. The van der Waals surface area contributed by atoms with Crippen LogP contribution in [0.15, 0.2) is 47.4 Å². The second-order valence-electron chi connectivity index (χ2n) is 5.56. The zero-order valence-corrected chi connectivity index (χ0v) is 14.3. The molecular weight excluding hydrogens is 393 g/mol. The maximum atomic E-state index is 14.1. The largest absolute Gasteiger partial charge is 0.453 e. The number of rotatable bonds is 3. The average molecular weight is 403 g/mol. The molecule has 11 heteroatoms. The highest BCUT2D eigenvalue weighted by Gasteiger charge is 2.37. The molecule has 1 heterocycles. The number of nitrogens with zero attached hydrogens (tertiary/aromatic N) is 3. The van der Waals surface area contributed by atoms with Crippen LogP contribution in [0.4, 0.5) is 22.0 Å². The van der Waals surface area contributed by atoms with Gasteiger partial charge in [0.25, 0.3) is 5.82 Å². The predicted octanol–water partition coefficient (Wildman–Crippen LogP) is 3.63. The normalized spacial score (nSPS) is 12.4. The second-order valence-corrected chi connectivity index (χ2v) is 7.57. The van der Waals surface area contributed by atoms with Crippen molar-refractivity contribution >= 4 is 9.84 Å². The Morgan fingerprint density at radius 2 is 1.63 bits per heavy atom. The van der Waals surface area contributed by atoms with E-state index in [1.807, 2.05) is 0 Å². The SMILES string of the molecule is CS(=O)(=O)c1ccc(-n2nc(C(F)(F)F)nc2-c2ccc(F)cc2F)cc1. The van der Waals surface area contributed by atoms with Crippen LogP contribution in [-0.2, 0) is 16.0 Å². The molecule has 5 nitrogen and oxygen atoms in total. The highest BCUT2D eigenvalue weighted by atomic mass is 32.2. The molecule has 1 aromatic heterocycles. The zero-order chi connectivity index (χ0) is 20.0. The van der Waals surface area contributed by atoms with Crippen molar-refractivity contribution in [2.75, 3.05) is 6.26 Å². The number of alkyl halides is 3. The molecule has 3 aromatic rings. The molecule has 27 heavy (non-hydrogen) atoms. The zero-order valence-electron chi connectivity index (χ0n) is 13.5. The Labute approximate surface area is 150 Å². The number of aromatic nitrogens is 3. The Balaban J connectivity index is 2.21. The van der Waals surface area contributed by atoms with E-state index in [-0.39, 0.29) is 10.6 Å². The summed E-state index contributed by atoms with van der Waals surface area (Å²) >= 11 is 0. The van der Waals surface area contributed by atoms with Crippen LogP contribution in [0.3, 0.4) is 0 Å². The van der Waals surface area contributed by atoms with Crippen LogP contribution in [0.5, 0.6) is 0 Å². The molecule has 0 aliphatic carbocycles. The van der Waals surface area contributed by atoms with Crippen molar-refractivity contribution in [1.29, 1.82) is 0 Å². The van der Waals surface area contributed by atoms with Crippen molar-refractivity contribution in [1.82, 2.24) is 14.8 Å². The van der Waals surface area contributed by atoms with E-state index in [9.17, 15) is 30.4 Å². The first-order valence-corrected chi connectivity index (χ1v) is 9.16. The van der Waals surface area contributed by atoms with Crippen molar-refractivity contribution in [2.24, 2.45) is 0 Å². The Kier molecular flexibility index (Phi) is 4.50. The van der Waals surface area contributed by atoms with Crippen LogP contribution >= 0.6 is 0 Å². The molecule has 0 N–H and O–H groups in total. The van der Waals surface area contributed by atoms with E-state index in [2.05, 4.69) is 10.1 Å². The quantitative estimate of drug-likeness (QED) is 0.627. The van der Waals surface area contributed by atoms with Crippen molar-refractivity contribution in [3.63, 3.8) is 0 Å². The topological polar surface area (TPSA) is 64.8 Å². The fourth-order valence-corrected chi connectivity index (χ4v) is 2.92. The van der Waals surface area contributed by atoms with Gasteiger partial charge in [0.2, 0.25) is 0 Å². The third-order valence-corrected chi connectivity index (χ3v) is 4.67. The number of hydrogen-bond donors (Lipinski definition) is 0. The van der Waals surface area contributed by atoms with Crippen molar-refractivity contribution < 1.29 is 30.4 Å². The predicted molar refractivity (Wildman–Crippen MR) is 84.8 cm³/mol. The van der Waals surface area contributed by atoms with Gasteiger partial charge in [0.05, 0.1) is 16.1 Å². The Hall–Kier alpha value is -2.82. The van der Waals surface area contributed by atoms with Crippen LogP contribution < -0.4 is 0 Å². The standard InChI is InChI=1S/C16H10F5N3O2S/c1-27(25,26)11-5-3-10(4-6-11)24-14(22-15(23-24)16(19,20)21)12-7-2-9(17)8-13(12)18/h2-8H,1H3. The lowest BCUT2D eigenvalue weighted by atomic mass is 10.2. The van der Waals surface area contributed by atoms with E-state index in [1.54, 1.807) is 0 Å². The molecule has 0 aliphatic rings. The fourth-order valence-electron chi connectivity index (χ4n) is 2.29. The van der Waals surface area contributed by atoms with E-state index < -0.39 is 44.9 Å². The van der Waals surface area contributed by atoms with Crippen molar-refractivity contribution in [3.05, 3.63) is 59.9 Å². The highest BCUT2D eigenvalue weighted by molar-refractivity contribution is 7.90. The van der Waals surface area contributed by atoms with E-state index in [0.717, 1.165) is 18.4 Å². The maximum absolute atomic E-state index is 14.1. The van der Waals surface area contributed by atoms with Crippen LogP contribution in [0.25, 0.3) is 17.1 Å². The monoisotopic (exact) mass is 403 g/mol. The maximum Gasteiger partial charge on any atom is 0.453 e. The summed E-state index contributed by atoms with van der Waals surface area (Å²) in [6.45, 7) is 0. The molecule has 0 saturated carbocycles. The van der Waals surface area contributed by atoms with Gasteiger partial charge in [-0.2, -0.15) is 13.2 Å². The van der Waals surface area contributed by atoms with Gasteiger partial charge in [-0.15, -0.1) is 5.10 Å². The van der Waals surface area contributed by atoms with E-state index >= 15 is 0 Å². The molecule has 142 valence electrons. The Morgan fingerprint density at radius 3 is 2.15 bits per heavy atom. The molecule has 0 spiro atoms. The van der Waals surface area contributed by atoms with Crippen LogP contribution in [0.1, 0.15) is 5.82 Å². The molecule has 0 unspecified atom stereocenters. The summed E-state index contributed by atoms with van der Waals surface area (Å²) in [4.78, 5) is 3.28. The summed E-state index contributed by atoms with van der Waals surface area (Å²) in [5.74, 6) is -4.05. The van der Waals surface area contributed by atoms with Gasteiger partial charge in [0, 0.05) is 12.3 Å². The molecule has 2 aromatic carbocycles. The molecular formula is C16H10F5N3O2S. The van der Waals surface area contributed by atoms with Gasteiger partial charge in [0.1, 0.15) is 11.6 Å². The van der Waals surface area contributed by atoms with Gasteiger partial charge in [-0.25, -0.2) is 26.9 Å². The minimum atomic E-state index is -4.90. The molecule has 0 bridgehead atoms. The van der Waals surface area contributed by atoms with E-state index in [1.165, 1.54) is 24.3 Å². The fraction of sp³-hybridized carbons (Fsp3) is 0.125. The lowest BCUT2D eigenvalue weighted by Gasteiger charge is -2.07. The van der Waals surface area contributed by atoms with Gasteiger partial charge >= 0.3 is 6.18 Å². The molecule has 3 rings (SSSR count). The van der Waals surface area contributed by atoms with Crippen LogP contribution in [0.2, 0.25) is 0 Å². The third kappa shape index (κ3) is 3.82. The van der Waals surface area contributed by atoms with Gasteiger partial charge < -0.3 is 0 Å². The van der Waals surface area contributed by atoms with Gasteiger partial charge in [0.15, 0.2) is 15.7 Å². The molecule has 0 fully saturated rings. The summed E-state index contributed by atoms with van der Waals surface area (Å²) in [6.07, 6.45) is -3.93. The minimum absolute atomic E-state index is 0.0177. The Bertz CT molecular complexity index is 1110. The van der Waals surface area contributed by atoms with Crippen molar-refractivity contribution in [3.8, 4) is 17.1 Å². The van der Waals surface area contributed by atoms with E-state index in [0.29, 0.717) is 10.7 Å². The third-order valence-electron chi connectivity index (χ3n) is 3.54. The first kappa shape index (κ1) is 19.0. The van der Waals surface area contributed by atoms with Gasteiger partial charge in [-0.3, -0.25) is 0 Å². The number of halogens is 5. The highest BCUT2D eigenvalue weighted by Crippen LogP contribution is 2.31. The second kappa shape index (κ2) is 6.41. The lowest BCUT2D eigenvalue weighted by Crippen LogP contribution is -2.08. The summed E-state index contributed by atoms with van der Waals surface area (Å²) in [7, 11) is -3.52. The average Bonchev–Trinajstić information content (AvgIpc) is 2.99. The first-order chi connectivity index (χ1) is 12.5. The summed E-state index contributed by atoms with van der Waals surface area (Å²) in [5, 5.41) is 3.35. The molecule has 0 aliphatic heterocycles. The Morgan fingerprint density at radius 1 is 1.00 bits per heavy atom.